The minimum absolute atomic E-state index is 0.0847. The van der Waals surface area contributed by atoms with E-state index in [1.54, 1.807) is 0 Å². The SMILES string of the molecule is Nc1c(N2CCCC2)c(-c2ccc(F)cc2)nn(-c2ccc(C(F)(F)F)c(O)c2)c1=O. The lowest BCUT2D eigenvalue weighted by atomic mass is 10.1. The smallest absolute Gasteiger partial charge is 0.419 e. The molecule has 0 aliphatic carbocycles. The van der Waals surface area contributed by atoms with Crippen LogP contribution in [0.2, 0.25) is 0 Å². The molecule has 1 aromatic heterocycles. The number of rotatable bonds is 3. The molecule has 162 valence electrons. The fourth-order valence-electron chi connectivity index (χ4n) is 3.67. The largest absolute Gasteiger partial charge is 0.507 e. The molecule has 10 heteroatoms. The highest BCUT2D eigenvalue weighted by molar-refractivity contribution is 5.84. The van der Waals surface area contributed by atoms with Gasteiger partial charge >= 0.3 is 6.18 Å². The summed E-state index contributed by atoms with van der Waals surface area (Å²) in [5, 5.41) is 14.2. The van der Waals surface area contributed by atoms with Gasteiger partial charge in [0.2, 0.25) is 0 Å². The molecule has 1 aliphatic rings. The van der Waals surface area contributed by atoms with Crippen LogP contribution in [0.1, 0.15) is 18.4 Å². The summed E-state index contributed by atoms with van der Waals surface area (Å²) < 4.78 is 53.2. The molecule has 0 unspecified atom stereocenters. The van der Waals surface area contributed by atoms with Crippen molar-refractivity contribution in [3.05, 3.63) is 64.2 Å². The van der Waals surface area contributed by atoms with Gasteiger partial charge in [-0.3, -0.25) is 4.79 Å². The Morgan fingerprint density at radius 3 is 2.26 bits per heavy atom. The number of alkyl halides is 3. The van der Waals surface area contributed by atoms with Crippen molar-refractivity contribution in [1.82, 2.24) is 9.78 Å². The molecule has 1 fully saturated rings. The molecular formula is C21H18F4N4O2. The van der Waals surface area contributed by atoms with E-state index in [-0.39, 0.29) is 11.4 Å². The predicted octanol–water partition coefficient (Wildman–Crippen LogP) is 3.95. The zero-order chi connectivity index (χ0) is 22.3. The van der Waals surface area contributed by atoms with Crippen LogP contribution in [0.4, 0.5) is 28.9 Å². The molecule has 0 saturated carbocycles. The molecule has 0 atom stereocenters. The molecule has 0 spiro atoms. The Bertz CT molecular complexity index is 1180. The molecule has 0 amide bonds. The van der Waals surface area contributed by atoms with Crippen LogP contribution >= 0.6 is 0 Å². The number of hydrogen-bond acceptors (Lipinski definition) is 5. The maximum absolute atomic E-state index is 13.4. The summed E-state index contributed by atoms with van der Waals surface area (Å²) in [5.41, 5.74) is 5.18. The minimum Gasteiger partial charge on any atom is -0.507 e. The van der Waals surface area contributed by atoms with E-state index >= 15 is 0 Å². The van der Waals surface area contributed by atoms with Gasteiger partial charge in [-0.25, -0.2) is 4.39 Å². The summed E-state index contributed by atoms with van der Waals surface area (Å²) in [4.78, 5) is 14.9. The van der Waals surface area contributed by atoms with Gasteiger partial charge in [0.15, 0.2) is 0 Å². The second kappa shape index (κ2) is 7.60. The standard InChI is InChI=1S/C21H18F4N4O2/c22-13-5-3-12(4-6-13)18-19(28-9-1-2-10-28)17(26)20(31)29(27-18)14-7-8-15(16(30)11-14)21(23,24)25/h3-8,11,30H,1-2,9-10,26H2. The second-order valence-electron chi connectivity index (χ2n) is 7.23. The maximum atomic E-state index is 13.4. The Morgan fingerprint density at radius 2 is 1.68 bits per heavy atom. The Kier molecular flexibility index (Phi) is 5.08. The van der Waals surface area contributed by atoms with E-state index in [9.17, 15) is 27.5 Å². The van der Waals surface area contributed by atoms with E-state index in [1.807, 2.05) is 4.90 Å². The summed E-state index contributed by atoms with van der Waals surface area (Å²) in [7, 11) is 0. The highest BCUT2D eigenvalue weighted by atomic mass is 19.4. The lowest BCUT2D eigenvalue weighted by molar-refractivity contribution is -0.138. The molecule has 1 saturated heterocycles. The van der Waals surface area contributed by atoms with Crippen LogP contribution in [0.3, 0.4) is 0 Å². The number of nitrogen functional groups attached to an aromatic ring is 1. The van der Waals surface area contributed by atoms with Crippen LogP contribution in [0.15, 0.2) is 47.3 Å². The number of aromatic nitrogens is 2. The number of anilines is 2. The average molecular weight is 434 g/mol. The first-order chi connectivity index (χ1) is 14.7. The van der Waals surface area contributed by atoms with Gasteiger partial charge in [0.25, 0.3) is 5.56 Å². The zero-order valence-corrected chi connectivity index (χ0v) is 16.2. The third kappa shape index (κ3) is 3.80. The normalized spacial score (nSPS) is 14.3. The van der Waals surface area contributed by atoms with E-state index < -0.39 is 28.9 Å². The van der Waals surface area contributed by atoms with E-state index in [1.165, 1.54) is 24.3 Å². The molecule has 3 aromatic rings. The third-order valence-electron chi connectivity index (χ3n) is 5.17. The van der Waals surface area contributed by atoms with Crippen LogP contribution in [0.25, 0.3) is 16.9 Å². The quantitative estimate of drug-likeness (QED) is 0.610. The molecular weight excluding hydrogens is 416 g/mol. The number of nitrogens with two attached hydrogens (primary N) is 1. The van der Waals surface area contributed by atoms with Crippen LogP contribution in [0, 0.1) is 5.82 Å². The van der Waals surface area contributed by atoms with Gasteiger partial charge in [0.05, 0.1) is 16.9 Å². The summed E-state index contributed by atoms with van der Waals surface area (Å²) in [6.07, 6.45) is -2.95. The Morgan fingerprint density at radius 1 is 1.03 bits per heavy atom. The lowest BCUT2D eigenvalue weighted by Gasteiger charge is -2.23. The molecule has 4 rings (SSSR count). The van der Waals surface area contributed by atoms with Crippen molar-refractivity contribution in [3.8, 4) is 22.7 Å². The summed E-state index contributed by atoms with van der Waals surface area (Å²) >= 11 is 0. The fourth-order valence-corrected chi connectivity index (χ4v) is 3.67. The first-order valence-corrected chi connectivity index (χ1v) is 9.51. The summed E-state index contributed by atoms with van der Waals surface area (Å²) in [6, 6.07) is 7.94. The topological polar surface area (TPSA) is 84.4 Å². The molecule has 6 nitrogen and oxygen atoms in total. The van der Waals surface area contributed by atoms with Gasteiger partial charge in [-0.05, 0) is 49.2 Å². The Balaban J connectivity index is 1.93. The lowest BCUT2D eigenvalue weighted by Crippen LogP contribution is -2.30. The molecule has 0 radical (unpaired) electrons. The Labute approximate surface area is 174 Å². The summed E-state index contributed by atoms with van der Waals surface area (Å²) in [5.74, 6) is -1.50. The average Bonchev–Trinajstić information content (AvgIpc) is 3.23. The zero-order valence-electron chi connectivity index (χ0n) is 16.2. The number of hydrogen-bond donors (Lipinski definition) is 2. The number of benzene rings is 2. The minimum atomic E-state index is -4.75. The van der Waals surface area contributed by atoms with Crippen molar-refractivity contribution in [1.29, 1.82) is 0 Å². The fraction of sp³-hybridized carbons (Fsp3) is 0.238. The molecule has 3 N–H and O–H groups in total. The third-order valence-corrected chi connectivity index (χ3v) is 5.17. The number of aromatic hydroxyl groups is 1. The highest BCUT2D eigenvalue weighted by Gasteiger charge is 2.34. The van der Waals surface area contributed by atoms with E-state index in [0.717, 1.165) is 29.7 Å². The number of halogens is 4. The number of nitrogens with zero attached hydrogens (tertiary/aromatic N) is 3. The van der Waals surface area contributed by atoms with E-state index in [2.05, 4.69) is 5.10 Å². The maximum Gasteiger partial charge on any atom is 0.419 e. The predicted molar refractivity (Wildman–Crippen MR) is 108 cm³/mol. The number of phenols is 1. The van der Waals surface area contributed by atoms with Gasteiger partial charge < -0.3 is 15.7 Å². The van der Waals surface area contributed by atoms with Crippen molar-refractivity contribution in [2.24, 2.45) is 0 Å². The van der Waals surface area contributed by atoms with Gasteiger partial charge in [-0.2, -0.15) is 23.0 Å². The highest BCUT2D eigenvalue weighted by Crippen LogP contribution is 2.38. The van der Waals surface area contributed by atoms with Gasteiger partial charge in [-0.1, -0.05) is 0 Å². The first-order valence-electron chi connectivity index (χ1n) is 9.51. The van der Waals surface area contributed by atoms with Crippen LogP contribution in [0.5, 0.6) is 5.75 Å². The van der Waals surface area contributed by atoms with Crippen LogP contribution < -0.4 is 16.2 Å². The van der Waals surface area contributed by atoms with Crippen molar-refractivity contribution in [3.63, 3.8) is 0 Å². The second-order valence-corrected chi connectivity index (χ2v) is 7.23. The first kappa shape index (κ1) is 20.7. The van der Waals surface area contributed by atoms with Crippen molar-refractivity contribution >= 4 is 11.4 Å². The van der Waals surface area contributed by atoms with Crippen molar-refractivity contribution in [2.75, 3.05) is 23.7 Å². The van der Waals surface area contributed by atoms with Crippen molar-refractivity contribution < 1.29 is 22.7 Å². The molecule has 31 heavy (non-hydrogen) atoms. The van der Waals surface area contributed by atoms with Gasteiger partial charge in [-0.15, -0.1) is 0 Å². The number of phenolic OH excluding ortho intramolecular Hbond substituents is 1. The van der Waals surface area contributed by atoms with E-state index in [0.29, 0.717) is 36.1 Å². The molecule has 0 bridgehead atoms. The summed E-state index contributed by atoms with van der Waals surface area (Å²) in [6.45, 7) is 1.31. The van der Waals surface area contributed by atoms with Gasteiger partial charge in [0, 0.05) is 24.7 Å². The van der Waals surface area contributed by atoms with Crippen LogP contribution in [-0.4, -0.2) is 28.0 Å². The Hall–Kier alpha value is -3.56. The molecule has 2 heterocycles. The van der Waals surface area contributed by atoms with Gasteiger partial charge in [0.1, 0.15) is 22.9 Å². The van der Waals surface area contributed by atoms with Crippen LogP contribution in [-0.2, 0) is 6.18 Å². The monoisotopic (exact) mass is 434 g/mol. The van der Waals surface area contributed by atoms with E-state index in [4.69, 9.17) is 5.73 Å². The van der Waals surface area contributed by atoms with Crippen molar-refractivity contribution in [2.45, 2.75) is 19.0 Å². The molecule has 1 aliphatic heterocycles. The molecule has 2 aromatic carbocycles.